The highest BCUT2D eigenvalue weighted by Crippen LogP contribution is 2.25. The molecule has 0 saturated carbocycles. The molecule has 5 nitrogen and oxygen atoms in total. The molecule has 136 valence electrons. The normalized spacial score (nSPS) is 11.3. The van der Waals surface area contributed by atoms with E-state index in [-0.39, 0.29) is 5.56 Å². The van der Waals surface area contributed by atoms with Crippen LogP contribution in [0, 0.1) is 0 Å². The Morgan fingerprint density at radius 3 is 2.75 bits per heavy atom. The molecule has 4 heterocycles. The van der Waals surface area contributed by atoms with E-state index in [4.69, 9.17) is 11.6 Å². The summed E-state index contributed by atoms with van der Waals surface area (Å²) in [6.45, 7) is 0.577. The van der Waals surface area contributed by atoms with Gasteiger partial charge in [0.1, 0.15) is 23.5 Å². The molecule has 0 unspecified atom stereocenters. The monoisotopic (exact) mass is 387 g/mol. The molecule has 0 aliphatic carbocycles. The predicted octanol–water partition coefficient (Wildman–Crippen LogP) is 3.83. The average molecular weight is 388 g/mol. The topological polar surface area (TPSA) is 54.0 Å². The van der Waals surface area contributed by atoms with E-state index in [1.165, 1.54) is 0 Å². The van der Waals surface area contributed by atoms with E-state index in [0.29, 0.717) is 17.3 Å². The largest absolute Gasteiger partial charge is 0.361 e. The molecule has 5 rings (SSSR count). The summed E-state index contributed by atoms with van der Waals surface area (Å²) in [5.41, 5.74) is 4.30. The van der Waals surface area contributed by atoms with Crippen molar-refractivity contribution in [3.05, 3.63) is 100 Å². The molecular formula is C22H16ClN4O+. The van der Waals surface area contributed by atoms with Crippen LogP contribution in [0.1, 0.15) is 5.56 Å². The second kappa shape index (κ2) is 6.62. The Kier molecular flexibility index (Phi) is 3.95. The fraction of sp³-hybridized carbons (Fsp3) is 0.0455. The van der Waals surface area contributed by atoms with Crippen molar-refractivity contribution in [2.24, 2.45) is 0 Å². The van der Waals surface area contributed by atoms with Crippen LogP contribution < -0.4 is 10.1 Å². The Morgan fingerprint density at radius 2 is 1.89 bits per heavy atom. The van der Waals surface area contributed by atoms with Gasteiger partial charge in [0.15, 0.2) is 0 Å². The number of nitrogens with one attached hydrogen (secondary N) is 1. The number of aromatic amines is 1. The van der Waals surface area contributed by atoms with Gasteiger partial charge in [0.2, 0.25) is 0 Å². The molecule has 0 spiro atoms. The lowest BCUT2D eigenvalue weighted by Gasteiger charge is -2.07. The van der Waals surface area contributed by atoms with Crippen LogP contribution in [0.25, 0.3) is 27.7 Å². The molecule has 1 aromatic carbocycles. The summed E-state index contributed by atoms with van der Waals surface area (Å²) in [5, 5.41) is 1.48. The lowest BCUT2D eigenvalue weighted by molar-refractivity contribution is -0.665. The van der Waals surface area contributed by atoms with Gasteiger partial charge in [-0.1, -0.05) is 41.9 Å². The van der Waals surface area contributed by atoms with Crippen LogP contribution >= 0.6 is 11.6 Å². The van der Waals surface area contributed by atoms with Gasteiger partial charge in [-0.25, -0.2) is 14.3 Å². The van der Waals surface area contributed by atoms with Gasteiger partial charge >= 0.3 is 5.56 Å². The zero-order chi connectivity index (χ0) is 19.1. The molecule has 0 fully saturated rings. The summed E-state index contributed by atoms with van der Waals surface area (Å²) in [4.78, 5) is 20.6. The van der Waals surface area contributed by atoms with Gasteiger partial charge in [0, 0.05) is 40.5 Å². The van der Waals surface area contributed by atoms with Crippen LogP contribution in [0.5, 0.6) is 0 Å². The van der Waals surface area contributed by atoms with Gasteiger partial charge in [0.25, 0.3) is 5.65 Å². The first-order valence-electron chi connectivity index (χ1n) is 8.91. The van der Waals surface area contributed by atoms with E-state index in [1.54, 1.807) is 22.9 Å². The van der Waals surface area contributed by atoms with Crippen LogP contribution in [0.15, 0.2) is 84.2 Å². The fourth-order valence-electron chi connectivity index (χ4n) is 3.55. The van der Waals surface area contributed by atoms with Crippen LogP contribution in [-0.2, 0) is 6.54 Å². The predicted molar refractivity (Wildman–Crippen MR) is 110 cm³/mol. The molecule has 0 atom stereocenters. The standard InChI is InChI=1S/C22H16ClN4O/c23-20-9-8-15(11-25-20)13-26-14-18(22(28)27-10-4-3-7-21(26)27)17-12-24-19-6-2-1-5-16(17)19/h1-12,14,24H,13H2/q+1. The molecule has 0 aliphatic heterocycles. The first-order chi connectivity index (χ1) is 13.7. The lowest BCUT2D eigenvalue weighted by Crippen LogP contribution is -2.40. The summed E-state index contributed by atoms with van der Waals surface area (Å²) in [6.07, 6.45) is 7.37. The van der Waals surface area contributed by atoms with E-state index >= 15 is 0 Å². The number of H-pyrrole nitrogens is 1. The Bertz CT molecular complexity index is 1370. The molecule has 1 N–H and O–H groups in total. The number of aromatic nitrogens is 4. The highest BCUT2D eigenvalue weighted by atomic mass is 35.5. The number of halogens is 1. The number of rotatable bonds is 3. The van der Waals surface area contributed by atoms with E-state index in [2.05, 4.69) is 14.5 Å². The third-order valence-corrected chi connectivity index (χ3v) is 5.11. The van der Waals surface area contributed by atoms with E-state index in [0.717, 1.165) is 27.7 Å². The van der Waals surface area contributed by atoms with Crippen molar-refractivity contribution in [3.8, 4) is 11.1 Å². The summed E-state index contributed by atoms with van der Waals surface area (Å²) in [6, 6.07) is 17.4. The number of fused-ring (bicyclic) bond motifs is 2. The van der Waals surface area contributed by atoms with Crippen molar-refractivity contribution in [1.82, 2.24) is 14.4 Å². The number of para-hydroxylation sites is 1. The minimum absolute atomic E-state index is 0.0502. The number of pyridine rings is 2. The maximum atomic E-state index is 13.2. The van der Waals surface area contributed by atoms with E-state index in [9.17, 15) is 4.79 Å². The number of hydrogen-bond donors (Lipinski definition) is 1. The summed E-state index contributed by atoms with van der Waals surface area (Å²) in [7, 11) is 0. The second-order valence-electron chi connectivity index (χ2n) is 6.64. The summed E-state index contributed by atoms with van der Waals surface area (Å²) < 4.78 is 3.74. The minimum Gasteiger partial charge on any atom is -0.361 e. The molecule has 0 amide bonds. The van der Waals surface area contributed by atoms with Crippen LogP contribution in [0.2, 0.25) is 5.15 Å². The second-order valence-corrected chi connectivity index (χ2v) is 7.03. The lowest BCUT2D eigenvalue weighted by atomic mass is 10.1. The maximum absolute atomic E-state index is 13.2. The summed E-state index contributed by atoms with van der Waals surface area (Å²) in [5.74, 6) is 0. The first-order valence-corrected chi connectivity index (χ1v) is 9.29. The molecule has 6 heteroatoms. The Balaban J connectivity index is 1.75. The van der Waals surface area contributed by atoms with Crippen molar-refractivity contribution in [3.63, 3.8) is 0 Å². The molecule has 0 saturated heterocycles. The van der Waals surface area contributed by atoms with Gasteiger partial charge in [-0.2, -0.15) is 4.40 Å². The van der Waals surface area contributed by atoms with Crippen molar-refractivity contribution in [2.75, 3.05) is 0 Å². The Morgan fingerprint density at radius 1 is 1.04 bits per heavy atom. The Hall–Kier alpha value is -3.44. The van der Waals surface area contributed by atoms with E-state index < -0.39 is 0 Å². The van der Waals surface area contributed by atoms with Gasteiger partial charge in [-0.3, -0.25) is 0 Å². The van der Waals surface area contributed by atoms with Gasteiger partial charge in [0.05, 0.1) is 6.20 Å². The quantitative estimate of drug-likeness (QED) is 0.378. The van der Waals surface area contributed by atoms with Crippen molar-refractivity contribution in [1.29, 1.82) is 0 Å². The summed E-state index contributed by atoms with van der Waals surface area (Å²) >= 11 is 5.91. The van der Waals surface area contributed by atoms with Gasteiger partial charge in [-0.05, 0) is 18.2 Å². The zero-order valence-electron chi connectivity index (χ0n) is 14.8. The molecule has 28 heavy (non-hydrogen) atoms. The molecule has 0 radical (unpaired) electrons. The molecular weight excluding hydrogens is 372 g/mol. The van der Waals surface area contributed by atoms with Crippen molar-refractivity contribution >= 4 is 28.2 Å². The third kappa shape index (κ3) is 2.77. The van der Waals surface area contributed by atoms with Crippen LogP contribution in [0.4, 0.5) is 0 Å². The Labute approximate surface area is 165 Å². The zero-order valence-corrected chi connectivity index (χ0v) is 15.6. The van der Waals surface area contributed by atoms with Gasteiger partial charge < -0.3 is 4.98 Å². The van der Waals surface area contributed by atoms with Crippen LogP contribution in [-0.4, -0.2) is 14.4 Å². The molecule has 0 bridgehead atoms. The van der Waals surface area contributed by atoms with E-state index in [1.807, 2.05) is 60.9 Å². The first kappa shape index (κ1) is 16.7. The number of nitrogens with zero attached hydrogens (tertiary/aromatic N) is 3. The highest BCUT2D eigenvalue weighted by molar-refractivity contribution is 6.29. The third-order valence-electron chi connectivity index (χ3n) is 4.89. The van der Waals surface area contributed by atoms with Gasteiger partial charge in [-0.15, -0.1) is 0 Å². The molecule has 4 aromatic heterocycles. The smallest absolute Gasteiger partial charge is 0.350 e. The number of hydrogen-bond acceptors (Lipinski definition) is 2. The van der Waals surface area contributed by atoms with Crippen molar-refractivity contribution < 1.29 is 4.57 Å². The highest BCUT2D eigenvalue weighted by Gasteiger charge is 2.19. The maximum Gasteiger partial charge on any atom is 0.350 e. The minimum atomic E-state index is -0.0502. The average Bonchev–Trinajstić information content (AvgIpc) is 3.16. The van der Waals surface area contributed by atoms with Crippen molar-refractivity contribution in [2.45, 2.75) is 6.54 Å². The fourth-order valence-corrected chi connectivity index (χ4v) is 3.66. The molecule has 0 aliphatic rings. The SMILES string of the molecule is O=c1c(-c2c[nH]c3ccccc23)c[n+](Cc2ccc(Cl)nc2)c2ccccn12. The van der Waals surface area contributed by atoms with Crippen LogP contribution in [0.3, 0.4) is 0 Å². The molecule has 5 aromatic rings. The number of benzene rings is 1.